The van der Waals surface area contributed by atoms with Gasteiger partial charge in [-0.2, -0.15) is 14.0 Å². The van der Waals surface area contributed by atoms with Crippen molar-refractivity contribution in [2.75, 3.05) is 19.5 Å². The highest BCUT2D eigenvalue weighted by Crippen LogP contribution is 2.40. The molecule has 2 rings (SSSR count). The van der Waals surface area contributed by atoms with Crippen molar-refractivity contribution in [1.29, 1.82) is 5.26 Å². The Morgan fingerprint density at radius 1 is 1.21 bits per heavy atom. The van der Waals surface area contributed by atoms with Crippen LogP contribution in [0.3, 0.4) is 0 Å². The second kappa shape index (κ2) is 9.71. The molecule has 6 nitrogen and oxygen atoms in total. The SMILES string of the molecule is COc1cc(/C=C(\C#N)C(=O)Nc2ccc(F)c(Cl)c2)cc(OC)c1OC(F)F. The van der Waals surface area contributed by atoms with Crippen LogP contribution in [0.25, 0.3) is 6.08 Å². The molecular formula is C19H14ClF3N2O4. The van der Waals surface area contributed by atoms with E-state index in [1.54, 1.807) is 6.07 Å². The summed E-state index contributed by atoms with van der Waals surface area (Å²) in [5, 5.41) is 11.5. The van der Waals surface area contributed by atoms with E-state index in [9.17, 15) is 23.2 Å². The fourth-order valence-corrected chi connectivity index (χ4v) is 2.46. The Kier molecular flexibility index (Phi) is 7.33. The minimum atomic E-state index is -3.11. The Bertz CT molecular complexity index is 965. The van der Waals surface area contributed by atoms with Gasteiger partial charge in [0.25, 0.3) is 5.91 Å². The highest BCUT2D eigenvalue weighted by Gasteiger charge is 2.19. The van der Waals surface area contributed by atoms with E-state index in [0.29, 0.717) is 0 Å². The number of nitrogens with one attached hydrogen (secondary N) is 1. The first-order chi connectivity index (χ1) is 13.8. The quantitative estimate of drug-likeness (QED) is 0.515. The topological polar surface area (TPSA) is 80.6 Å². The van der Waals surface area contributed by atoms with Crippen molar-refractivity contribution >= 4 is 29.3 Å². The van der Waals surface area contributed by atoms with Crippen LogP contribution in [0.1, 0.15) is 5.56 Å². The van der Waals surface area contributed by atoms with Gasteiger partial charge in [0.05, 0.1) is 19.2 Å². The van der Waals surface area contributed by atoms with Crippen molar-refractivity contribution in [2.24, 2.45) is 0 Å². The molecule has 2 aromatic carbocycles. The highest BCUT2D eigenvalue weighted by atomic mass is 35.5. The first-order valence-corrected chi connectivity index (χ1v) is 8.25. The molecule has 152 valence electrons. The standard InChI is InChI=1S/C19H14ClF3N2O4/c1-27-15-6-10(7-16(28-2)17(15)29-19(22)23)5-11(9-24)18(26)25-12-3-4-14(21)13(20)8-12/h3-8,19H,1-2H3,(H,25,26)/b11-5+. The average molecular weight is 427 g/mol. The zero-order valence-electron chi connectivity index (χ0n) is 15.1. The maximum atomic E-state index is 13.2. The Labute approximate surface area is 169 Å². The number of carbonyl (C=O) groups is 1. The van der Waals surface area contributed by atoms with Crippen LogP contribution >= 0.6 is 11.6 Å². The molecule has 1 amide bonds. The van der Waals surface area contributed by atoms with Gasteiger partial charge in [0, 0.05) is 5.69 Å². The van der Waals surface area contributed by atoms with Gasteiger partial charge in [0.1, 0.15) is 17.5 Å². The fourth-order valence-electron chi connectivity index (χ4n) is 2.28. The monoisotopic (exact) mass is 426 g/mol. The predicted molar refractivity (Wildman–Crippen MR) is 99.8 cm³/mol. The van der Waals surface area contributed by atoms with Crippen molar-refractivity contribution in [2.45, 2.75) is 6.61 Å². The summed E-state index contributed by atoms with van der Waals surface area (Å²) in [6.45, 7) is -3.11. The van der Waals surface area contributed by atoms with Crippen LogP contribution in [0.4, 0.5) is 18.9 Å². The van der Waals surface area contributed by atoms with E-state index >= 15 is 0 Å². The van der Waals surface area contributed by atoms with Gasteiger partial charge >= 0.3 is 6.61 Å². The van der Waals surface area contributed by atoms with Crippen LogP contribution in [-0.4, -0.2) is 26.7 Å². The van der Waals surface area contributed by atoms with E-state index in [1.165, 1.54) is 44.6 Å². The fraction of sp³-hybridized carbons (Fsp3) is 0.158. The molecule has 0 radical (unpaired) electrons. The number of anilines is 1. The van der Waals surface area contributed by atoms with Gasteiger partial charge in [-0.3, -0.25) is 4.79 Å². The predicted octanol–water partition coefficient (Wildman–Crippen LogP) is 4.64. The van der Waals surface area contributed by atoms with Gasteiger partial charge in [0.15, 0.2) is 11.5 Å². The van der Waals surface area contributed by atoms with Crippen LogP contribution in [0, 0.1) is 17.1 Å². The number of rotatable bonds is 7. The molecule has 0 spiro atoms. The van der Waals surface area contributed by atoms with Crippen LogP contribution in [0.5, 0.6) is 17.2 Å². The normalized spacial score (nSPS) is 11.0. The van der Waals surface area contributed by atoms with Crippen molar-refractivity contribution in [3.8, 4) is 23.3 Å². The third-order valence-corrected chi connectivity index (χ3v) is 3.83. The Morgan fingerprint density at radius 3 is 2.31 bits per heavy atom. The van der Waals surface area contributed by atoms with E-state index in [0.717, 1.165) is 6.07 Å². The minimum absolute atomic E-state index is 0.0843. The number of alkyl halides is 2. The van der Waals surface area contributed by atoms with Gasteiger partial charge in [-0.15, -0.1) is 0 Å². The lowest BCUT2D eigenvalue weighted by Crippen LogP contribution is -2.13. The van der Waals surface area contributed by atoms with Crippen molar-refractivity contribution in [3.05, 3.63) is 52.3 Å². The lowest BCUT2D eigenvalue weighted by atomic mass is 10.1. The molecule has 0 aliphatic rings. The molecular weight excluding hydrogens is 413 g/mol. The molecule has 0 saturated carbocycles. The molecule has 0 atom stereocenters. The first kappa shape index (κ1) is 21.9. The maximum Gasteiger partial charge on any atom is 0.387 e. The molecule has 2 aromatic rings. The summed E-state index contributed by atoms with van der Waals surface area (Å²) >= 11 is 5.66. The number of ether oxygens (including phenoxy) is 3. The summed E-state index contributed by atoms with van der Waals surface area (Å²) in [5.41, 5.74) is 0.111. The molecule has 0 aromatic heterocycles. The van der Waals surface area contributed by atoms with E-state index in [4.69, 9.17) is 21.1 Å². The minimum Gasteiger partial charge on any atom is -0.493 e. The molecule has 0 fully saturated rings. The summed E-state index contributed by atoms with van der Waals surface area (Å²) in [5.74, 6) is -1.95. The second-order valence-electron chi connectivity index (χ2n) is 5.39. The Hall–Kier alpha value is -3.38. The largest absolute Gasteiger partial charge is 0.493 e. The highest BCUT2D eigenvalue weighted by molar-refractivity contribution is 6.31. The van der Waals surface area contributed by atoms with Crippen LogP contribution in [0.2, 0.25) is 5.02 Å². The number of nitrogens with zero attached hydrogens (tertiary/aromatic N) is 1. The van der Waals surface area contributed by atoms with Crippen LogP contribution < -0.4 is 19.5 Å². The number of benzene rings is 2. The van der Waals surface area contributed by atoms with E-state index in [-0.39, 0.29) is 39.1 Å². The van der Waals surface area contributed by atoms with Gasteiger partial charge in [-0.25, -0.2) is 4.39 Å². The molecule has 0 aliphatic heterocycles. The van der Waals surface area contributed by atoms with Crippen molar-refractivity contribution in [1.82, 2.24) is 0 Å². The molecule has 1 N–H and O–H groups in total. The molecule has 0 aliphatic carbocycles. The van der Waals surface area contributed by atoms with Gasteiger partial charge in [0.2, 0.25) is 5.75 Å². The lowest BCUT2D eigenvalue weighted by Gasteiger charge is -2.14. The van der Waals surface area contributed by atoms with E-state index in [2.05, 4.69) is 10.1 Å². The number of hydrogen-bond acceptors (Lipinski definition) is 5. The molecule has 0 saturated heterocycles. The number of halogens is 4. The summed E-state index contributed by atoms with van der Waals surface area (Å²) in [6, 6.07) is 7.83. The number of nitriles is 1. The summed E-state index contributed by atoms with van der Waals surface area (Å²) in [4.78, 5) is 12.3. The zero-order chi connectivity index (χ0) is 21.6. The summed E-state index contributed by atoms with van der Waals surface area (Å²) in [7, 11) is 2.47. The Morgan fingerprint density at radius 2 is 1.83 bits per heavy atom. The molecule has 10 heteroatoms. The van der Waals surface area contributed by atoms with Gasteiger partial charge in [-0.1, -0.05) is 11.6 Å². The smallest absolute Gasteiger partial charge is 0.387 e. The van der Waals surface area contributed by atoms with E-state index in [1.807, 2.05) is 0 Å². The molecule has 0 unspecified atom stereocenters. The van der Waals surface area contributed by atoms with Crippen LogP contribution in [0.15, 0.2) is 35.9 Å². The van der Waals surface area contributed by atoms with Crippen LogP contribution in [-0.2, 0) is 4.79 Å². The van der Waals surface area contributed by atoms with E-state index < -0.39 is 18.3 Å². The molecule has 0 bridgehead atoms. The Balaban J connectivity index is 2.37. The second-order valence-corrected chi connectivity index (χ2v) is 5.79. The molecule has 0 heterocycles. The maximum absolute atomic E-state index is 13.2. The van der Waals surface area contributed by atoms with Crippen molar-refractivity contribution in [3.63, 3.8) is 0 Å². The van der Waals surface area contributed by atoms with Gasteiger partial charge in [-0.05, 0) is 42.0 Å². The summed E-state index contributed by atoms with van der Waals surface area (Å²) in [6.07, 6.45) is 1.19. The number of hydrogen-bond donors (Lipinski definition) is 1. The summed E-state index contributed by atoms with van der Waals surface area (Å²) < 4.78 is 52.9. The number of carbonyl (C=O) groups excluding carboxylic acids is 1. The number of methoxy groups -OCH3 is 2. The average Bonchev–Trinajstić information content (AvgIpc) is 2.69. The lowest BCUT2D eigenvalue weighted by molar-refractivity contribution is -0.112. The zero-order valence-corrected chi connectivity index (χ0v) is 15.9. The third-order valence-electron chi connectivity index (χ3n) is 3.54. The third kappa shape index (κ3) is 5.56. The first-order valence-electron chi connectivity index (χ1n) is 7.88. The van der Waals surface area contributed by atoms with Gasteiger partial charge < -0.3 is 19.5 Å². The molecule has 29 heavy (non-hydrogen) atoms. The van der Waals surface area contributed by atoms with Crippen molar-refractivity contribution < 1.29 is 32.2 Å². The number of amides is 1.